The first-order valence-electron chi connectivity index (χ1n) is 8.08. The zero-order valence-corrected chi connectivity index (χ0v) is 14.1. The molecule has 4 aromatic rings. The van der Waals surface area contributed by atoms with Crippen LogP contribution in [0.3, 0.4) is 0 Å². The van der Waals surface area contributed by atoms with Gasteiger partial charge >= 0.3 is 0 Å². The highest BCUT2D eigenvalue weighted by atomic mass is 16.1. The predicted octanol–water partition coefficient (Wildman–Crippen LogP) is 3.17. The number of hydrogen-bond donors (Lipinski definition) is 0. The van der Waals surface area contributed by atoms with Gasteiger partial charge in [0.1, 0.15) is 5.82 Å². The Hall–Kier alpha value is -3.67. The van der Waals surface area contributed by atoms with Gasteiger partial charge in [-0.1, -0.05) is 30.3 Å². The van der Waals surface area contributed by atoms with E-state index in [0.717, 1.165) is 22.6 Å². The third-order valence-corrected chi connectivity index (χ3v) is 3.98. The van der Waals surface area contributed by atoms with Gasteiger partial charge < -0.3 is 4.57 Å². The minimum absolute atomic E-state index is 0.170. The van der Waals surface area contributed by atoms with Crippen LogP contribution in [0.25, 0.3) is 22.6 Å². The summed E-state index contributed by atoms with van der Waals surface area (Å²) >= 11 is 0. The summed E-state index contributed by atoms with van der Waals surface area (Å²) in [6.45, 7) is 0. The summed E-state index contributed by atoms with van der Waals surface area (Å²) in [5, 5.41) is 0. The first kappa shape index (κ1) is 15.8. The summed E-state index contributed by atoms with van der Waals surface area (Å²) in [5.41, 5.74) is 2.99. The maximum absolute atomic E-state index is 12.4. The molecule has 1 aromatic carbocycles. The van der Waals surface area contributed by atoms with Crippen molar-refractivity contribution in [1.29, 1.82) is 0 Å². The second-order valence-corrected chi connectivity index (χ2v) is 5.79. The third kappa shape index (κ3) is 3.00. The van der Waals surface area contributed by atoms with E-state index < -0.39 is 0 Å². The average Bonchev–Trinajstić information content (AvgIpc) is 3.10. The number of ketones is 1. The van der Waals surface area contributed by atoms with E-state index in [1.54, 1.807) is 36.9 Å². The van der Waals surface area contributed by atoms with Gasteiger partial charge in [-0.05, 0) is 12.1 Å². The molecule has 0 fully saturated rings. The monoisotopic (exact) mass is 341 g/mol. The van der Waals surface area contributed by atoms with Gasteiger partial charge in [-0.3, -0.25) is 9.78 Å². The molecule has 6 nitrogen and oxygen atoms in total. The molecule has 0 atom stereocenters. The maximum atomic E-state index is 12.4. The Labute approximate surface area is 150 Å². The fourth-order valence-electron chi connectivity index (χ4n) is 2.66. The molecule has 3 aromatic heterocycles. The summed E-state index contributed by atoms with van der Waals surface area (Å²) in [6.07, 6.45) is 8.64. The average molecular weight is 341 g/mol. The molecule has 0 bridgehead atoms. The fraction of sp³-hybridized carbons (Fsp3) is 0.0500. The number of aryl methyl sites for hydroxylation is 1. The van der Waals surface area contributed by atoms with Gasteiger partial charge in [0.25, 0.3) is 0 Å². The van der Waals surface area contributed by atoms with E-state index in [1.165, 1.54) is 0 Å². The summed E-state index contributed by atoms with van der Waals surface area (Å²) in [6, 6.07) is 12.8. The van der Waals surface area contributed by atoms with E-state index in [0.29, 0.717) is 5.56 Å². The van der Waals surface area contributed by atoms with Crippen LogP contribution in [-0.2, 0) is 7.05 Å². The topological polar surface area (TPSA) is 73.6 Å². The summed E-state index contributed by atoms with van der Waals surface area (Å²) in [7, 11) is 1.92. The van der Waals surface area contributed by atoms with Gasteiger partial charge in [0, 0.05) is 54.7 Å². The van der Waals surface area contributed by atoms with Crippen LogP contribution in [0.5, 0.6) is 0 Å². The lowest BCUT2D eigenvalue weighted by molar-refractivity contribution is 0.102. The number of pyridine rings is 1. The van der Waals surface area contributed by atoms with E-state index in [1.807, 2.05) is 48.1 Å². The van der Waals surface area contributed by atoms with Gasteiger partial charge in [0.15, 0.2) is 0 Å². The highest BCUT2D eigenvalue weighted by Gasteiger charge is 2.14. The molecule has 0 amide bonds. The smallest absolute Gasteiger partial charge is 0.230 e. The molecular weight excluding hydrogens is 326 g/mol. The Morgan fingerprint density at radius 1 is 0.923 bits per heavy atom. The van der Waals surface area contributed by atoms with Gasteiger partial charge in [-0.2, -0.15) is 0 Å². The van der Waals surface area contributed by atoms with Crippen LogP contribution in [0.15, 0.2) is 73.4 Å². The van der Waals surface area contributed by atoms with Crippen molar-refractivity contribution in [3.63, 3.8) is 0 Å². The van der Waals surface area contributed by atoms with E-state index >= 15 is 0 Å². The quantitative estimate of drug-likeness (QED) is 0.533. The highest BCUT2D eigenvalue weighted by molar-refractivity contribution is 6.06. The van der Waals surface area contributed by atoms with Crippen LogP contribution in [-0.4, -0.2) is 30.3 Å². The number of aromatic nitrogens is 5. The van der Waals surface area contributed by atoms with Gasteiger partial charge in [-0.25, -0.2) is 15.0 Å². The summed E-state index contributed by atoms with van der Waals surface area (Å²) < 4.78 is 1.93. The van der Waals surface area contributed by atoms with Crippen molar-refractivity contribution in [3.8, 4) is 22.6 Å². The lowest BCUT2D eigenvalue weighted by Gasteiger charge is -2.00. The Kier molecular flexibility index (Phi) is 4.07. The van der Waals surface area contributed by atoms with Crippen molar-refractivity contribution in [3.05, 3.63) is 84.8 Å². The highest BCUT2D eigenvalue weighted by Crippen LogP contribution is 2.23. The molecule has 3 heterocycles. The summed E-state index contributed by atoms with van der Waals surface area (Å²) in [4.78, 5) is 29.6. The van der Waals surface area contributed by atoms with Gasteiger partial charge in [0.2, 0.25) is 11.6 Å². The molecule has 0 N–H and O–H groups in total. The molecule has 0 radical (unpaired) electrons. The number of benzene rings is 1. The van der Waals surface area contributed by atoms with Crippen LogP contribution in [0.2, 0.25) is 0 Å². The lowest BCUT2D eigenvalue weighted by atomic mass is 10.1. The molecule has 0 aliphatic heterocycles. The molecule has 0 aliphatic carbocycles. The molecule has 0 saturated heterocycles. The molecule has 0 saturated carbocycles. The molecule has 0 aliphatic rings. The minimum atomic E-state index is -0.200. The van der Waals surface area contributed by atoms with E-state index in [9.17, 15) is 4.79 Å². The summed E-state index contributed by atoms with van der Waals surface area (Å²) in [5.74, 6) is 0.773. The molecule has 0 unspecified atom stereocenters. The first-order chi connectivity index (χ1) is 12.7. The number of rotatable bonds is 4. The Morgan fingerprint density at radius 2 is 1.69 bits per heavy atom. The predicted molar refractivity (Wildman–Crippen MR) is 97.3 cm³/mol. The minimum Gasteiger partial charge on any atom is -0.333 e. The van der Waals surface area contributed by atoms with E-state index in [-0.39, 0.29) is 11.6 Å². The molecule has 4 rings (SSSR count). The Balaban J connectivity index is 1.63. The first-order valence-corrected chi connectivity index (χ1v) is 8.08. The van der Waals surface area contributed by atoms with Crippen molar-refractivity contribution < 1.29 is 4.79 Å². The van der Waals surface area contributed by atoms with Crippen molar-refractivity contribution in [1.82, 2.24) is 24.5 Å². The Morgan fingerprint density at radius 3 is 2.38 bits per heavy atom. The fourth-order valence-corrected chi connectivity index (χ4v) is 2.66. The Bertz CT molecular complexity index is 1040. The number of imidazole rings is 1. The number of hydrogen-bond acceptors (Lipinski definition) is 5. The lowest BCUT2D eigenvalue weighted by Crippen LogP contribution is -2.06. The van der Waals surface area contributed by atoms with Crippen LogP contribution in [0, 0.1) is 0 Å². The van der Waals surface area contributed by atoms with Crippen molar-refractivity contribution in [2.75, 3.05) is 0 Å². The third-order valence-electron chi connectivity index (χ3n) is 3.98. The normalized spacial score (nSPS) is 10.7. The van der Waals surface area contributed by atoms with Crippen LogP contribution in [0.4, 0.5) is 0 Å². The van der Waals surface area contributed by atoms with Gasteiger partial charge in [0.05, 0.1) is 5.69 Å². The standard InChI is InChI=1S/C20H15N5O/c1-25-13-17(24-20(25)15-8-5-9-21-10-15)16-11-22-19(23-12-16)18(26)14-6-3-2-4-7-14/h2-13H,1H3. The molecule has 0 spiro atoms. The zero-order chi connectivity index (χ0) is 17.9. The second kappa shape index (κ2) is 6.68. The van der Waals surface area contributed by atoms with Gasteiger partial charge in [-0.15, -0.1) is 0 Å². The number of carbonyl (C=O) groups is 1. The van der Waals surface area contributed by atoms with Crippen molar-refractivity contribution >= 4 is 5.78 Å². The molecular formula is C20H15N5O. The van der Waals surface area contributed by atoms with Crippen molar-refractivity contribution in [2.45, 2.75) is 0 Å². The van der Waals surface area contributed by atoms with Crippen LogP contribution in [0.1, 0.15) is 16.2 Å². The SMILES string of the molecule is Cn1cc(-c2cnc(C(=O)c3ccccc3)nc2)nc1-c1cccnc1. The number of carbonyl (C=O) groups excluding carboxylic acids is 1. The van der Waals surface area contributed by atoms with Crippen LogP contribution < -0.4 is 0 Å². The second-order valence-electron chi connectivity index (χ2n) is 5.79. The van der Waals surface area contributed by atoms with E-state index in [2.05, 4.69) is 19.9 Å². The van der Waals surface area contributed by atoms with Crippen LogP contribution >= 0.6 is 0 Å². The molecule has 6 heteroatoms. The zero-order valence-electron chi connectivity index (χ0n) is 14.1. The van der Waals surface area contributed by atoms with E-state index in [4.69, 9.17) is 0 Å². The molecule has 126 valence electrons. The maximum Gasteiger partial charge on any atom is 0.230 e. The largest absolute Gasteiger partial charge is 0.333 e. The number of nitrogens with zero attached hydrogens (tertiary/aromatic N) is 5. The van der Waals surface area contributed by atoms with Crippen molar-refractivity contribution in [2.24, 2.45) is 7.05 Å². The molecule has 26 heavy (non-hydrogen) atoms.